The molecule has 2 heterocycles. The molecule has 0 saturated carbocycles. The molecule has 1 aliphatic heterocycles. The number of hydrogen-bond acceptors (Lipinski definition) is 9. The lowest BCUT2D eigenvalue weighted by Crippen LogP contribution is -2.39. The van der Waals surface area contributed by atoms with Crippen molar-refractivity contribution in [2.45, 2.75) is 89.5 Å². The fourth-order valence-electron chi connectivity index (χ4n) is 6.00. The van der Waals surface area contributed by atoms with Gasteiger partial charge in [-0.15, -0.1) is 23.1 Å². The lowest BCUT2D eigenvalue weighted by molar-refractivity contribution is -0.116. The Morgan fingerprint density at radius 1 is 0.930 bits per heavy atom. The monoisotopic (exact) mass is 810 g/mol. The number of fused-ring (bicyclic) bond motifs is 1. The zero-order chi connectivity index (χ0) is 41.3. The van der Waals surface area contributed by atoms with Crippen molar-refractivity contribution in [1.82, 2.24) is 10.2 Å². The van der Waals surface area contributed by atoms with Crippen LogP contribution in [0.1, 0.15) is 103 Å². The van der Waals surface area contributed by atoms with Crippen LogP contribution in [0.15, 0.2) is 89.5 Å². The van der Waals surface area contributed by atoms with Crippen molar-refractivity contribution >= 4 is 69.6 Å². The zero-order valence-electron chi connectivity index (χ0n) is 33.4. The van der Waals surface area contributed by atoms with Gasteiger partial charge >= 0.3 is 12.1 Å². The molecule has 3 N–H and O–H groups in total. The van der Waals surface area contributed by atoms with E-state index < -0.39 is 34.7 Å². The molecule has 0 fully saturated rings. The number of ether oxygens (including phenoxy) is 2. The summed E-state index contributed by atoms with van der Waals surface area (Å²) in [6.45, 7) is 14.0. The number of esters is 1. The average molecular weight is 811 g/mol. The van der Waals surface area contributed by atoms with E-state index in [0.717, 1.165) is 26.5 Å². The molecule has 1 aromatic heterocycles. The highest BCUT2D eigenvalue weighted by molar-refractivity contribution is 8.00. The van der Waals surface area contributed by atoms with Crippen molar-refractivity contribution in [3.8, 4) is 0 Å². The first-order valence-corrected chi connectivity index (χ1v) is 20.7. The Morgan fingerprint density at radius 3 is 2.30 bits per heavy atom. The van der Waals surface area contributed by atoms with E-state index in [1.54, 1.807) is 60.4 Å². The fourth-order valence-corrected chi connectivity index (χ4v) is 8.27. The van der Waals surface area contributed by atoms with E-state index in [1.165, 1.54) is 23.1 Å². The minimum Gasteiger partial charge on any atom is -0.462 e. The van der Waals surface area contributed by atoms with Gasteiger partial charge in [-0.1, -0.05) is 69.3 Å². The summed E-state index contributed by atoms with van der Waals surface area (Å²) >= 11 is 2.58. The molecule has 1 atom stereocenters. The fraction of sp³-hybridized carbons (Fsp3) is 0.341. The van der Waals surface area contributed by atoms with Crippen LogP contribution in [-0.2, 0) is 32.0 Å². The number of thioether (sulfide) groups is 1. The SMILES string of the molecule is CCOC(=O)c1c(NC(=O)C(CC)Sc2cccc(NC(=O)/C(=C\c3ccc(C(C)C)cc3)NC(=O)c3ccccc3)c2)sc2c1CCN(C(=O)OC(C)(C)C)C2. The molecule has 300 valence electrons. The quantitative estimate of drug-likeness (QED) is 0.0689. The molecular weight excluding hydrogens is 761 g/mol. The van der Waals surface area contributed by atoms with Crippen molar-refractivity contribution in [2.75, 3.05) is 23.8 Å². The summed E-state index contributed by atoms with van der Waals surface area (Å²) in [5.74, 6) is -1.43. The van der Waals surface area contributed by atoms with Gasteiger partial charge in [-0.3, -0.25) is 14.4 Å². The summed E-state index contributed by atoms with van der Waals surface area (Å²) in [4.78, 5) is 70.0. The van der Waals surface area contributed by atoms with Gasteiger partial charge in [-0.25, -0.2) is 9.59 Å². The molecule has 0 aliphatic carbocycles. The second-order valence-electron chi connectivity index (χ2n) is 14.8. The highest BCUT2D eigenvalue weighted by Crippen LogP contribution is 2.39. The van der Waals surface area contributed by atoms with Crippen molar-refractivity contribution in [2.24, 2.45) is 0 Å². The molecule has 1 aliphatic rings. The normalized spacial score (nSPS) is 13.3. The van der Waals surface area contributed by atoms with Gasteiger partial charge in [0, 0.05) is 27.6 Å². The highest BCUT2D eigenvalue weighted by Gasteiger charge is 2.33. The van der Waals surface area contributed by atoms with Gasteiger partial charge in [0.15, 0.2) is 0 Å². The van der Waals surface area contributed by atoms with Crippen LogP contribution in [0.5, 0.6) is 0 Å². The van der Waals surface area contributed by atoms with Crippen LogP contribution >= 0.6 is 23.1 Å². The second kappa shape index (κ2) is 19.2. The summed E-state index contributed by atoms with van der Waals surface area (Å²) in [6, 6.07) is 23.6. The molecule has 3 aromatic carbocycles. The molecule has 0 bridgehead atoms. The number of benzene rings is 3. The minimum atomic E-state index is -0.652. The molecular formula is C44H50N4O7S2. The van der Waals surface area contributed by atoms with Gasteiger partial charge in [0.1, 0.15) is 16.3 Å². The summed E-state index contributed by atoms with van der Waals surface area (Å²) in [7, 11) is 0. The van der Waals surface area contributed by atoms with Crippen LogP contribution in [0.2, 0.25) is 0 Å². The Kier molecular flexibility index (Phi) is 14.4. The van der Waals surface area contributed by atoms with Crippen LogP contribution in [0.25, 0.3) is 6.08 Å². The number of rotatable bonds is 13. The standard InChI is InChI=1S/C44H50N4O7S2/c1-8-35(40(51)47-41-37(42(52)54-9-2)33-22-23-48(26-36(33)57-41)43(53)55-44(5,6)7)56-32-17-13-16-31(25-32)45-39(50)34(46-38(49)30-14-11-10-12-15-30)24-28-18-20-29(21-19-28)27(3)4/h10-21,24-25,27,35H,8-9,22-23,26H2,1-7H3,(H,45,50)(H,46,49)(H,47,51)/b34-24+. The topological polar surface area (TPSA) is 143 Å². The largest absolute Gasteiger partial charge is 0.462 e. The second-order valence-corrected chi connectivity index (χ2v) is 17.1. The maximum atomic E-state index is 13.8. The summed E-state index contributed by atoms with van der Waals surface area (Å²) in [5, 5.41) is 8.51. The Morgan fingerprint density at radius 2 is 1.65 bits per heavy atom. The van der Waals surface area contributed by atoms with Crippen molar-refractivity contribution in [3.05, 3.63) is 117 Å². The Labute approximate surface area is 342 Å². The predicted molar refractivity (Wildman–Crippen MR) is 227 cm³/mol. The summed E-state index contributed by atoms with van der Waals surface area (Å²) in [6.07, 6.45) is 2.08. The first kappa shape index (κ1) is 42.7. The lowest BCUT2D eigenvalue weighted by Gasteiger charge is -2.30. The number of amides is 4. The van der Waals surface area contributed by atoms with Gasteiger partial charge in [0.25, 0.3) is 11.8 Å². The molecule has 4 amide bonds. The van der Waals surface area contributed by atoms with Gasteiger partial charge in [0.05, 0.1) is 24.0 Å². The molecule has 0 saturated heterocycles. The molecule has 11 nitrogen and oxygen atoms in total. The predicted octanol–water partition coefficient (Wildman–Crippen LogP) is 9.26. The van der Waals surface area contributed by atoms with E-state index in [1.807, 2.05) is 64.1 Å². The van der Waals surface area contributed by atoms with Gasteiger partial charge in [-0.2, -0.15) is 0 Å². The van der Waals surface area contributed by atoms with E-state index in [2.05, 4.69) is 29.8 Å². The van der Waals surface area contributed by atoms with Gasteiger partial charge in [-0.05, 0) is 99.6 Å². The Balaban J connectivity index is 1.32. The molecule has 13 heteroatoms. The number of nitrogens with zero attached hydrogens (tertiary/aromatic N) is 1. The molecule has 0 spiro atoms. The first-order chi connectivity index (χ1) is 27.1. The Hall–Kier alpha value is -5.40. The van der Waals surface area contributed by atoms with Gasteiger partial charge in [0.2, 0.25) is 5.91 Å². The third-order valence-corrected chi connectivity index (χ3v) is 11.4. The number of carbonyl (C=O) groups excluding carboxylic acids is 5. The van der Waals surface area contributed by atoms with E-state index >= 15 is 0 Å². The molecule has 1 unspecified atom stereocenters. The van der Waals surface area contributed by atoms with Crippen LogP contribution in [0.3, 0.4) is 0 Å². The molecule has 0 radical (unpaired) electrons. The van der Waals surface area contributed by atoms with Gasteiger partial charge < -0.3 is 30.3 Å². The van der Waals surface area contributed by atoms with Crippen LogP contribution < -0.4 is 16.0 Å². The number of nitrogens with one attached hydrogen (secondary N) is 3. The minimum absolute atomic E-state index is 0.0651. The third kappa shape index (κ3) is 11.6. The van der Waals surface area contributed by atoms with Crippen molar-refractivity contribution in [1.29, 1.82) is 0 Å². The number of anilines is 2. The lowest BCUT2D eigenvalue weighted by atomic mass is 10.0. The van der Waals surface area contributed by atoms with E-state index in [0.29, 0.717) is 47.1 Å². The number of carbonyl (C=O) groups is 5. The summed E-state index contributed by atoms with van der Waals surface area (Å²) < 4.78 is 11.0. The highest BCUT2D eigenvalue weighted by atomic mass is 32.2. The molecule has 57 heavy (non-hydrogen) atoms. The maximum absolute atomic E-state index is 13.8. The third-order valence-electron chi connectivity index (χ3n) is 8.90. The van der Waals surface area contributed by atoms with Crippen LogP contribution in [-0.4, -0.2) is 58.7 Å². The van der Waals surface area contributed by atoms with E-state index in [9.17, 15) is 24.0 Å². The van der Waals surface area contributed by atoms with Crippen molar-refractivity contribution in [3.63, 3.8) is 0 Å². The average Bonchev–Trinajstić information content (AvgIpc) is 3.53. The van der Waals surface area contributed by atoms with Crippen LogP contribution in [0, 0.1) is 0 Å². The van der Waals surface area contributed by atoms with E-state index in [-0.39, 0.29) is 24.8 Å². The first-order valence-electron chi connectivity index (χ1n) is 19.0. The number of thiophene rings is 1. The summed E-state index contributed by atoms with van der Waals surface area (Å²) in [5.41, 5.74) is 3.28. The van der Waals surface area contributed by atoms with E-state index in [4.69, 9.17) is 9.47 Å². The van der Waals surface area contributed by atoms with Crippen molar-refractivity contribution < 1.29 is 33.4 Å². The molecule has 5 rings (SSSR count). The zero-order valence-corrected chi connectivity index (χ0v) is 35.0. The molecule has 4 aromatic rings. The smallest absolute Gasteiger partial charge is 0.410 e. The number of hydrogen-bond donors (Lipinski definition) is 3. The Bertz CT molecular complexity index is 2120. The van der Waals surface area contributed by atoms with Crippen LogP contribution in [0.4, 0.5) is 15.5 Å². The maximum Gasteiger partial charge on any atom is 0.410 e.